The monoisotopic (exact) mass is 453 g/mol. The summed E-state index contributed by atoms with van der Waals surface area (Å²) in [4.78, 5) is 28.0. The maximum atomic E-state index is 14.6. The maximum Gasteiger partial charge on any atom is 0.273 e. The number of aliphatic hydroxyl groups is 1. The topological polar surface area (TPSA) is 99.9 Å². The van der Waals surface area contributed by atoms with Crippen molar-refractivity contribution in [3.63, 3.8) is 0 Å². The molecule has 0 aliphatic carbocycles. The van der Waals surface area contributed by atoms with Crippen molar-refractivity contribution in [1.82, 2.24) is 14.9 Å². The molecule has 0 saturated carbocycles. The van der Waals surface area contributed by atoms with Gasteiger partial charge in [-0.25, -0.2) is 18.7 Å². The Morgan fingerprint density at radius 2 is 2.15 bits per heavy atom. The molecule has 3 aliphatic heterocycles. The van der Waals surface area contributed by atoms with Crippen LogP contribution in [0, 0.1) is 29.9 Å². The van der Waals surface area contributed by atoms with Crippen molar-refractivity contribution in [2.45, 2.75) is 31.2 Å². The van der Waals surface area contributed by atoms with E-state index in [4.69, 9.17) is 11.2 Å². The number of amides is 1. The van der Waals surface area contributed by atoms with Gasteiger partial charge in [-0.15, -0.1) is 12.3 Å². The number of aliphatic imine (C=N–C) groups is 1. The summed E-state index contributed by atoms with van der Waals surface area (Å²) in [5.74, 6) is 1.03. The summed E-state index contributed by atoms with van der Waals surface area (Å²) in [6, 6.07) is 2.05. The molecule has 1 aromatic heterocycles. The Hall–Kier alpha value is -3.42. The van der Waals surface area contributed by atoms with Crippen LogP contribution in [0.25, 0.3) is 0 Å². The number of hydrogen-bond donors (Lipinski definition) is 2. The molecule has 2 N–H and O–H groups in total. The molecular formula is C23H21F2N5O3. The van der Waals surface area contributed by atoms with Crippen molar-refractivity contribution in [2.24, 2.45) is 10.9 Å². The molecule has 2 aromatic rings. The minimum atomic E-state index is -0.730. The van der Waals surface area contributed by atoms with E-state index in [1.54, 1.807) is 0 Å². The van der Waals surface area contributed by atoms with Gasteiger partial charge in [0.05, 0.1) is 49.2 Å². The fourth-order valence-corrected chi connectivity index (χ4v) is 4.55. The van der Waals surface area contributed by atoms with E-state index < -0.39 is 35.7 Å². The molecule has 8 nitrogen and oxygen atoms in total. The fraction of sp³-hybridized carbons (Fsp3) is 0.391. The number of fused-ring (bicyclic) bond motifs is 1. The molecule has 0 radical (unpaired) electrons. The molecule has 1 amide bonds. The normalized spacial score (nSPS) is 26.1. The van der Waals surface area contributed by atoms with E-state index in [0.717, 1.165) is 18.2 Å². The summed E-state index contributed by atoms with van der Waals surface area (Å²) in [5, 5.41) is 13.2. The number of terminal acetylenes is 1. The Balaban J connectivity index is 1.48. The molecule has 3 aliphatic rings. The smallest absolute Gasteiger partial charge is 0.273 e. The van der Waals surface area contributed by atoms with Crippen LogP contribution in [0.5, 0.6) is 0 Å². The molecule has 5 rings (SSSR count). The van der Waals surface area contributed by atoms with E-state index in [0.29, 0.717) is 23.5 Å². The Morgan fingerprint density at radius 1 is 1.30 bits per heavy atom. The third-order valence-electron chi connectivity index (χ3n) is 6.24. The summed E-state index contributed by atoms with van der Waals surface area (Å²) in [5.41, 5.74) is 1.20. The molecule has 170 valence electrons. The fourth-order valence-electron chi connectivity index (χ4n) is 4.55. The Kier molecular flexibility index (Phi) is 5.52. The number of anilines is 1. The first-order valence-electron chi connectivity index (χ1n) is 10.6. The second-order valence-corrected chi connectivity index (χ2v) is 8.30. The third-order valence-corrected chi connectivity index (χ3v) is 6.24. The largest absolute Gasteiger partial charge is 0.388 e. The minimum absolute atomic E-state index is 0.0776. The van der Waals surface area contributed by atoms with E-state index in [1.807, 2.05) is 0 Å². The number of benzene rings is 1. The predicted octanol–water partition coefficient (Wildman–Crippen LogP) is 1.45. The van der Waals surface area contributed by atoms with E-state index in [9.17, 15) is 18.7 Å². The molecular weight excluding hydrogens is 432 g/mol. The van der Waals surface area contributed by atoms with Crippen LogP contribution < -0.4 is 5.32 Å². The van der Waals surface area contributed by atoms with Crippen LogP contribution in [0.15, 0.2) is 29.5 Å². The van der Waals surface area contributed by atoms with Gasteiger partial charge in [0.25, 0.3) is 5.91 Å². The van der Waals surface area contributed by atoms with Crippen LogP contribution in [-0.4, -0.2) is 63.5 Å². The van der Waals surface area contributed by atoms with Gasteiger partial charge < -0.3 is 20.1 Å². The first kappa shape index (κ1) is 21.4. The van der Waals surface area contributed by atoms with Crippen LogP contribution in [0.1, 0.15) is 29.3 Å². The molecule has 33 heavy (non-hydrogen) atoms. The zero-order valence-electron chi connectivity index (χ0n) is 17.5. The third kappa shape index (κ3) is 3.83. The van der Waals surface area contributed by atoms with Gasteiger partial charge in [0, 0.05) is 18.0 Å². The summed E-state index contributed by atoms with van der Waals surface area (Å²) in [6.07, 6.45) is 6.57. The molecule has 1 aromatic carbocycles. The zero-order chi connectivity index (χ0) is 23.1. The quantitative estimate of drug-likeness (QED) is 0.680. The van der Waals surface area contributed by atoms with Crippen molar-refractivity contribution in [1.29, 1.82) is 0 Å². The summed E-state index contributed by atoms with van der Waals surface area (Å²) in [7, 11) is 0. The van der Waals surface area contributed by atoms with Crippen molar-refractivity contribution in [3.8, 4) is 12.3 Å². The van der Waals surface area contributed by atoms with Gasteiger partial charge in [-0.2, -0.15) is 0 Å². The molecule has 0 spiro atoms. The van der Waals surface area contributed by atoms with Gasteiger partial charge in [0.15, 0.2) is 0 Å². The number of nitrogens with one attached hydrogen (secondary N) is 1. The average Bonchev–Trinajstić information content (AvgIpc) is 3.54. The number of carbonyl (C=O) groups excluding carboxylic acids is 1. The Bertz CT molecular complexity index is 1180. The molecule has 2 saturated heterocycles. The van der Waals surface area contributed by atoms with Gasteiger partial charge in [-0.05, 0) is 24.6 Å². The standard InChI is InChI=1S/C23H21F2N5O3/c1-2-12-5-18(14-6-13(24)3-4-15(14)25)30(8-12)23(32)21-20-16(7-26-21)27-11-28-22(20)29-17-9-33-10-19(17)31/h1,3-4,6,11-12,17-19,31H,5,7-10H2,(H,27,28,29)/t12-,17+,18+,19+/m0/s1. The molecule has 0 bridgehead atoms. The lowest BCUT2D eigenvalue weighted by atomic mass is 9.99. The Labute approximate surface area is 188 Å². The van der Waals surface area contributed by atoms with Crippen LogP contribution in [0.2, 0.25) is 0 Å². The summed E-state index contributed by atoms with van der Waals surface area (Å²) < 4.78 is 33.8. The SMILES string of the molecule is C#C[C@H]1C[C@H](c2cc(F)ccc2F)N(C(=O)C2=NCc3ncnc(N[C@@H]4COC[C@H]4O)c32)C1. The number of carbonyl (C=O) groups is 1. The molecule has 0 unspecified atom stereocenters. The highest BCUT2D eigenvalue weighted by atomic mass is 19.1. The van der Waals surface area contributed by atoms with Gasteiger partial charge in [0.2, 0.25) is 0 Å². The van der Waals surface area contributed by atoms with Crippen molar-refractivity contribution in [3.05, 3.63) is 53.0 Å². The predicted molar refractivity (Wildman–Crippen MR) is 114 cm³/mol. The highest BCUT2D eigenvalue weighted by molar-refractivity contribution is 6.47. The lowest BCUT2D eigenvalue weighted by molar-refractivity contribution is -0.125. The van der Waals surface area contributed by atoms with Gasteiger partial charge in [0.1, 0.15) is 29.5 Å². The van der Waals surface area contributed by atoms with Crippen molar-refractivity contribution < 1.29 is 23.4 Å². The average molecular weight is 453 g/mol. The Morgan fingerprint density at radius 3 is 2.91 bits per heavy atom. The van der Waals surface area contributed by atoms with Crippen LogP contribution in [0.4, 0.5) is 14.6 Å². The van der Waals surface area contributed by atoms with E-state index in [2.05, 4.69) is 26.2 Å². The van der Waals surface area contributed by atoms with Crippen LogP contribution in [-0.2, 0) is 16.1 Å². The number of halogens is 2. The lowest BCUT2D eigenvalue weighted by Crippen LogP contribution is -2.38. The number of rotatable bonds is 4. The molecule has 10 heteroatoms. The molecule has 2 fully saturated rings. The molecule has 4 atom stereocenters. The number of nitrogens with zero attached hydrogens (tertiary/aromatic N) is 4. The lowest BCUT2D eigenvalue weighted by Gasteiger charge is -2.26. The summed E-state index contributed by atoms with van der Waals surface area (Å²) >= 11 is 0. The van der Waals surface area contributed by atoms with Gasteiger partial charge in [-0.3, -0.25) is 9.79 Å². The van der Waals surface area contributed by atoms with Crippen LogP contribution >= 0.6 is 0 Å². The number of hydrogen-bond acceptors (Lipinski definition) is 7. The van der Waals surface area contributed by atoms with Gasteiger partial charge >= 0.3 is 0 Å². The zero-order valence-corrected chi connectivity index (χ0v) is 17.5. The molecule has 4 heterocycles. The number of ether oxygens (including phenoxy) is 1. The second-order valence-electron chi connectivity index (χ2n) is 8.30. The maximum absolute atomic E-state index is 14.6. The van der Waals surface area contributed by atoms with Crippen LogP contribution in [0.3, 0.4) is 0 Å². The number of aromatic nitrogens is 2. The van der Waals surface area contributed by atoms with Crippen molar-refractivity contribution >= 4 is 17.4 Å². The van der Waals surface area contributed by atoms with E-state index in [-0.39, 0.29) is 43.5 Å². The van der Waals surface area contributed by atoms with E-state index in [1.165, 1.54) is 11.2 Å². The highest BCUT2D eigenvalue weighted by Crippen LogP contribution is 2.38. The second kappa shape index (κ2) is 8.50. The highest BCUT2D eigenvalue weighted by Gasteiger charge is 2.41. The minimum Gasteiger partial charge on any atom is -0.388 e. The number of aliphatic hydroxyl groups excluding tert-OH is 1. The number of likely N-dealkylation sites (tertiary alicyclic amines) is 1. The first-order valence-corrected chi connectivity index (χ1v) is 10.6. The summed E-state index contributed by atoms with van der Waals surface area (Å²) in [6.45, 7) is 0.864. The first-order chi connectivity index (χ1) is 16.0. The van der Waals surface area contributed by atoms with Crippen molar-refractivity contribution in [2.75, 3.05) is 25.1 Å². The van der Waals surface area contributed by atoms with E-state index >= 15 is 0 Å². The van der Waals surface area contributed by atoms with Gasteiger partial charge in [-0.1, -0.05) is 0 Å².